The zero-order valence-electron chi connectivity index (χ0n) is 13.1. The summed E-state index contributed by atoms with van der Waals surface area (Å²) >= 11 is 1.64. The molecule has 1 aliphatic heterocycles. The molecule has 1 aliphatic rings. The van der Waals surface area contributed by atoms with E-state index in [1.165, 1.54) is 11.8 Å². The third kappa shape index (κ3) is 5.07. The lowest BCUT2D eigenvalue weighted by Crippen LogP contribution is -2.40. The van der Waals surface area contributed by atoms with E-state index in [-0.39, 0.29) is 17.9 Å². The van der Waals surface area contributed by atoms with Crippen LogP contribution in [0.1, 0.15) is 31.7 Å². The van der Waals surface area contributed by atoms with Crippen LogP contribution < -0.4 is 4.72 Å². The number of carbonyl (C=O) groups excluding carboxylic acids is 1. The summed E-state index contributed by atoms with van der Waals surface area (Å²) in [6, 6.07) is 1.88. The van der Waals surface area contributed by atoms with Crippen LogP contribution in [0.2, 0.25) is 0 Å². The summed E-state index contributed by atoms with van der Waals surface area (Å²) in [5, 5.41) is 4.07. The van der Waals surface area contributed by atoms with Gasteiger partial charge in [-0.1, -0.05) is 13.3 Å². The molecule has 0 spiro atoms. The van der Waals surface area contributed by atoms with Gasteiger partial charge in [0, 0.05) is 25.6 Å². The van der Waals surface area contributed by atoms with Crippen LogP contribution in [0.25, 0.3) is 0 Å². The van der Waals surface area contributed by atoms with E-state index < -0.39 is 10.0 Å². The van der Waals surface area contributed by atoms with Crippen LogP contribution in [0.3, 0.4) is 0 Å². The quantitative estimate of drug-likeness (QED) is 0.821. The van der Waals surface area contributed by atoms with Gasteiger partial charge in [-0.3, -0.25) is 4.79 Å². The minimum absolute atomic E-state index is 0.116. The summed E-state index contributed by atoms with van der Waals surface area (Å²) in [4.78, 5) is 14.2. The second kappa shape index (κ2) is 7.57. The average molecular weight is 345 g/mol. The first-order valence-corrected chi connectivity index (χ1v) is 10.5. The molecule has 124 valence electrons. The maximum absolute atomic E-state index is 12.4. The molecular formula is C15H24N2O3S2. The number of hydrogen-bond acceptors (Lipinski definition) is 4. The Morgan fingerprint density at radius 1 is 1.45 bits per heavy atom. The van der Waals surface area contributed by atoms with Crippen molar-refractivity contribution in [2.24, 2.45) is 5.92 Å². The Labute approximate surface area is 136 Å². The van der Waals surface area contributed by atoms with Crippen molar-refractivity contribution in [3.05, 3.63) is 22.4 Å². The molecule has 1 aromatic heterocycles. The Balaban J connectivity index is 1.92. The van der Waals surface area contributed by atoms with Crippen LogP contribution in [-0.4, -0.2) is 44.6 Å². The highest BCUT2D eigenvalue weighted by Crippen LogP contribution is 2.23. The van der Waals surface area contributed by atoms with Gasteiger partial charge < -0.3 is 4.90 Å². The van der Waals surface area contributed by atoms with E-state index in [0.29, 0.717) is 19.5 Å². The van der Waals surface area contributed by atoms with Gasteiger partial charge in [0.25, 0.3) is 0 Å². The smallest absolute Gasteiger partial charge is 0.222 e. The molecule has 0 aliphatic carbocycles. The van der Waals surface area contributed by atoms with Crippen LogP contribution in [0.15, 0.2) is 16.8 Å². The molecule has 1 fully saturated rings. The van der Waals surface area contributed by atoms with Gasteiger partial charge in [-0.15, -0.1) is 0 Å². The van der Waals surface area contributed by atoms with Crippen LogP contribution in [0.5, 0.6) is 0 Å². The first kappa shape index (κ1) is 17.4. The monoisotopic (exact) mass is 344 g/mol. The lowest BCUT2D eigenvalue weighted by Gasteiger charge is -2.17. The minimum atomic E-state index is -3.24. The molecule has 5 nitrogen and oxygen atoms in total. The van der Waals surface area contributed by atoms with E-state index >= 15 is 0 Å². The molecule has 7 heteroatoms. The highest BCUT2D eigenvalue weighted by atomic mass is 32.2. The summed E-state index contributed by atoms with van der Waals surface area (Å²) in [5.41, 5.74) is 1.19. The molecular weight excluding hydrogens is 320 g/mol. The Kier molecular flexibility index (Phi) is 6.00. The molecule has 0 unspecified atom stereocenters. The van der Waals surface area contributed by atoms with Crippen LogP contribution in [-0.2, 0) is 21.2 Å². The zero-order chi connectivity index (χ0) is 16.2. The summed E-state index contributed by atoms with van der Waals surface area (Å²) < 4.78 is 25.7. The summed E-state index contributed by atoms with van der Waals surface area (Å²) in [6.07, 6.45) is 4.34. The van der Waals surface area contributed by atoms with Crippen LogP contribution in [0.4, 0.5) is 0 Å². The van der Waals surface area contributed by atoms with Gasteiger partial charge in [0.05, 0.1) is 6.26 Å². The molecule has 0 saturated carbocycles. The number of amides is 1. The molecule has 0 aromatic carbocycles. The lowest BCUT2D eigenvalue weighted by molar-refractivity contribution is -0.130. The number of nitrogens with one attached hydrogen (secondary N) is 1. The molecule has 1 amide bonds. The van der Waals surface area contributed by atoms with E-state index in [2.05, 4.69) is 17.0 Å². The van der Waals surface area contributed by atoms with Gasteiger partial charge in [-0.2, -0.15) is 11.3 Å². The Morgan fingerprint density at radius 2 is 2.23 bits per heavy atom. The minimum Gasteiger partial charge on any atom is -0.341 e. The van der Waals surface area contributed by atoms with E-state index in [4.69, 9.17) is 0 Å². The number of rotatable bonds is 7. The third-order valence-corrected chi connectivity index (χ3v) is 5.49. The number of carbonyl (C=O) groups is 1. The molecule has 2 heterocycles. The third-order valence-electron chi connectivity index (χ3n) is 4.03. The number of hydrogen-bond donors (Lipinski definition) is 1. The molecule has 0 radical (unpaired) electrons. The summed E-state index contributed by atoms with van der Waals surface area (Å²) in [5.74, 6) is 0.329. The number of likely N-dealkylation sites (tertiary alicyclic amines) is 1. The standard InChI is InChI=1S/C15H24N2O3S2/c1-3-4-13-9-17(10-14(13)16-22(2,19)20)15(18)6-5-12-7-8-21-11-12/h7-8,11,13-14,16H,3-6,9-10H2,1-2H3/t13-,14-/m1/s1. The molecule has 22 heavy (non-hydrogen) atoms. The van der Waals surface area contributed by atoms with Gasteiger partial charge in [0.15, 0.2) is 0 Å². The van der Waals surface area contributed by atoms with Crippen LogP contribution in [0, 0.1) is 5.92 Å². The SMILES string of the molecule is CCC[C@@H]1CN(C(=O)CCc2ccsc2)C[C@H]1NS(C)(=O)=O. The molecule has 2 rings (SSSR count). The van der Waals surface area contributed by atoms with Gasteiger partial charge >= 0.3 is 0 Å². The Hall–Kier alpha value is -0.920. The highest BCUT2D eigenvalue weighted by molar-refractivity contribution is 7.88. The fraction of sp³-hybridized carbons (Fsp3) is 0.667. The maximum Gasteiger partial charge on any atom is 0.222 e. The molecule has 1 aromatic rings. The van der Waals surface area contributed by atoms with Gasteiger partial charge in [0.2, 0.25) is 15.9 Å². The average Bonchev–Trinajstić information content (AvgIpc) is 3.05. The topological polar surface area (TPSA) is 66.5 Å². The normalized spacial score (nSPS) is 22.2. The van der Waals surface area contributed by atoms with Gasteiger partial charge in [-0.25, -0.2) is 13.1 Å². The zero-order valence-corrected chi connectivity index (χ0v) is 14.8. The second-order valence-electron chi connectivity index (χ2n) is 5.98. The predicted octanol–water partition coefficient (Wildman–Crippen LogP) is 1.86. The molecule has 0 bridgehead atoms. The van der Waals surface area contributed by atoms with E-state index in [0.717, 1.165) is 19.3 Å². The summed E-state index contributed by atoms with van der Waals surface area (Å²) in [6.45, 7) is 3.22. The first-order chi connectivity index (χ1) is 10.4. The van der Waals surface area contributed by atoms with Crippen molar-refractivity contribution in [3.63, 3.8) is 0 Å². The van der Waals surface area contributed by atoms with Crippen molar-refractivity contribution in [3.8, 4) is 0 Å². The predicted molar refractivity (Wildman–Crippen MR) is 89.4 cm³/mol. The number of nitrogens with zero attached hydrogens (tertiary/aromatic N) is 1. The number of sulfonamides is 1. The number of aryl methyl sites for hydroxylation is 1. The van der Waals surface area contributed by atoms with Crippen molar-refractivity contribution in [1.82, 2.24) is 9.62 Å². The van der Waals surface area contributed by atoms with Crippen molar-refractivity contribution in [1.29, 1.82) is 0 Å². The Bertz CT molecular complexity index is 584. The molecule has 2 atom stereocenters. The lowest BCUT2D eigenvalue weighted by atomic mass is 9.99. The highest BCUT2D eigenvalue weighted by Gasteiger charge is 2.35. The fourth-order valence-electron chi connectivity index (χ4n) is 2.99. The maximum atomic E-state index is 12.4. The fourth-order valence-corrected chi connectivity index (χ4v) is 4.51. The molecule has 1 N–H and O–H groups in total. The van der Waals surface area contributed by atoms with Crippen molar-refractivity contribution >= 4 is 27.3 Å². The van der Waals surface area contributed by atoms with Crippen molar-refractivity contribution < 1.29 is 13.2 Å². The van der Waals surface area contributed by atoms with E-state index in [1.54, 1.807) is 11.3 Å². The Morgan fingerprint density at radius 3 is 2.82 bits per heavy atom. The van der Waals surface area contributed by atoms with Crippen molar-refractivity contribution in [2.45, 2.75) is 38.6 Å². The van der Waals surface area contributed by atoms with E-state index in [9.17, 15) is 13.2 Å². The summed E-state index contributed by atoms with van der Waals surface area (Å²) in [7, 11) is -3.24. The van der Waals surface area contributed by atoms with Gasteiger partial charge in [-0.05, 0) is 41.1 Å². The largest absolute Gasteiger partial charge is 0.341 e. The van der Waals surface area contributed by atoms with Gasteiger partial charge in [0.1, 0.15) is 0 Å². The molecule has 1 saturated heterocycles. The van der Waals surface area contributed by atoms with E-state index in [1.807, 2.05) is 16.3 Å². The van der Waals surface area contributed by atoms with Crippen molar-refractivity contribution in [2.75, 3.05) is 19.3 Å². The van der Waals surface area contributed by atoms with Crippen LogP contribution >= 0.6 is 11.3 Å². The first-order valence-electron chi connectivity index (χ1n) is 7.65. The number of thiophene rings is 1. The second-order valence-corrected chi connectivity index (χ2v) is 8.54.